The standard InChI is InChI=1S/C25H34N4O6/c1-5-18-9-11-25(12-10-18)23(33)29(24(34)27-25)14-21(32)35-15-20(31)28(4)13-19(30)26-22-16(2)7-6-8-17(22)3/h6-8,18H,5,9-15H2,1-4H3,(H,26,30)(H,27,34). The largest absolute Gasteiger partial charge is 0.454 e. The first-order valence-corrected chi connectivity index (χ1v) is 12.0. The number of anilines is 1. The van der Waals surface area contributed by atoms with E-state index in [-0.39, 0.29) is 12.5 Å². The number of amides is 5. The van der Waals surface area contributed by atoms with Crippen LogP contribution in [0.15, 0.2) is 18.2 Å². The monoisotopic (exact) mass is 486 g/mol. The van der Waals surface area contributed by atoms with E-state index in [0.29, 0.717) is 24.4 Å². The van der Waals surface area contributed by atoms with E-state index in [2.05, 4.69) is 17.6 Å². The Bertz CT molecular complexity index is 995. The molecule has 1 aromatic carbocycles. The van der Waals surface area contributed by atoms with Crippen LogP contribution in [0.1, 0.15) is 50.2 Å². The number of nitrogens with one attached hydrogen (secondary N) is 2. The van der Waals surface area contributed by atoms with Gasteiger partial charge >= 0.3 is 12.0 Å². The van der Waals surface area contributed by atoms with Crippen LogP contribution in [-0.4, -0.2) is 71.8 Å². The number of hydrogen-bond acceptors (Lipinski definition) is 6. The van der Waals surface area contributed by atoms with Crippen molar-refractivity contribution >= 4 is 35.4 Å². The molecule has 1 aliphatic heterocycles. The topological polar surface area (TPSA) is 125 Å². The molecule has 1 aliphatic carbocycles. The molecule has 0 radical (unpaired) electrons. The molecule has 1 aromatic rings. The predicted octanol–water partition coefficient (Wildman–Crippen LogP) is 2.13. The van der Waals surface area contributed by atoms with E-state index >= 15 is 0 Å². The van der Waals surface area contributed by atoms with E-state index in [0.717, 1.165) is 40.2 Å². The molecular formula is C25H34N4O6. The Kier molecular flexibility index (Phi) is 8.14. The summed E-state index contributed by atoms with van der Waals surface area (Å²) in [6.45, 7) is 4.47. The fourth-order valence-corrected chi connectivity index (χ4v) is 4.66. The van der Waals surface area contributed by atoms with Gasteiger partial charge in [-0.3, -0.25) is 24.1 Å². The second-order valence-corrected chi connectivity index (χ2v) is 9.48. The van der Waals surface area contributed by atoms with Crippen LogP contribution in [-0.2, 0) is 23.9 Å². The molecule has 1 heterocycles. The number of ether oxygens (including phenoxy) is 1. The number of benzene rings is 1. The average Bonchev–Trinajstić information content (AvgIpc) is 3.04. The maximum Gasteiger partial charge on any atom is 0.326 e. The number of carbonyl (C=O) groups excluding carboxylic acids is 5. The van der Waals surface area contributed by atoms with Gasteiger partial charge < -0.3 is 20.3 Å². The van der Waals surface area contributed by atoms with Gasteiger partial charge in [-0.15, -0.1) is 0 Å². The molecule has 35 heavy (non-hydrogen) atoms. The lowest BCUT2D eigenvalue weighted by Crippen LogP contribution is -2.49. The predicted molar refractivity (Wildman–Crippen MR) is 128 cm³/mol. The highest BCUT2D eigenvalue weighted by molar-refractivity contribution is 6.08. The molecule has 0 unspecified atom stereocenters. The summed E-state index contributed by atoms with van der Waals surface area (Å²) in [7, 11) is 1.42. The van der Waals surface area contributed by atoms with Gasteiger partial charge in [-0.2, -0.15) is 0 Å². The molecule has 2 fully saturated rings. The third-order valence-electron chi connectivity index (χ3n) is 6.98. The highest BCUT2D eigenvalue weighted by atomic mass is 16.5. The van der Waals surface area contributed by atoms with Crippen molar-refractivity contribution in [1.82, 2.24) is 15.1 Å². The van der Waals surface area contributed by atoms with Crippen LogP contribution in [0.4, 0.5) is 10.5 Å². The van der Waals surface area contributed by atoms with E-state index in [1.807, 2.05) is 32.0 Å². The van der Waals surface area contributed by atoms with Gasteiger partial charge in [-0.1, -0.05) is 31.5 Å². The molecule has 0 atom stereocenters. The second-order valence-electron chi connectivity index (χ2n) is 9.48. The summed E-state index contributed by atoms with van der Waals surface area (Å²) in [6.07, 6.45) is 3.82. The third kappa shape index (κ3) is 5.98. The van der Waals surface area contributed by atoms with Gasteiger partial charge in [0.25, 0.3) is 11.8 Å². The fourth-order valence-electron chi connectivity index (χ4n) is 4.66. The normalized spacial score (nSPS) is 21.6. The first kappa shape index (κ1) is 26.2. The number of esters is 1. The number of nitrogens with zero attached hydrogens (tertiary/aromatic N) is 2. The molecule has 5 amide bonds. The van der Waals surface area contributed by atoms with Crippen molar-refractivity contribution in [1.29, 1.82) is 0 Å². The van der Waals surface area contributed by atoms with Gasteiger partial charge in [-0.25, -0.2) is 4.79 Å². The van der Waals surface area contributed by atoms with E-state index in [4.69, 9.17) is 4.74 Å². The van der Waals surface area contributed by atoms with Gasteiger partial charge in [0.15, 0.2) is 6.61 Å². The van der Waals surface area contributed by atoms with Crippen LogP contribution in [0.5, 0.6) is 0 Å². The van der Waals surface area contributed by atoms with Crippen molar-refractivity contribution in [3.05, 3.63) is 29.3 Å². The minimum Gasteiger partial charge on any atom is -0.454 e. The Labute approximate surface area is 205 Å². The van der Waals surface area contributed by atoms with Crippen molar-refractivity contribution in [2.75, 3.05) is 32.1 Å². The summed E-state index contributed by atoms with van der Waals surface area (Å²) in [5.74, 6) is -1.71. The van der Waals surface area contributed by atoms with Crippen molar-refractivity contribution in [3.63, 3.8) is 0 Å². The molecule has 3 rings (SSSR count). The summed E-state index contributed by atoms with van der Waals surface area (Å²) in [5.41, 5.74) is 1.56. The first-order chi connectivity index (χ1) is 16.6. The Balaban J connectivity index is 1.46. The number of aryl methyl sites for hydroxylation is 2. The summed E-state index contributed by atoms with van der Waals surface area (Å²) in [6, 6.07) is 5.02. The SMILES string of the molecule is CCC1CCC2(CC1)NC(=O)N(CC(=O)OCC(=O)N(C)CC(=O)Nc1c(C)cccc1C)C2=O. The van der Waals surface area contributed by atoms with Crippen LogP contribution in [0, 0.1) is 19.8 Å². The fraction of sp³-hybridized carbons (Fsp3) is 0.560. The number of carbonyl (C=O) groups is 5. The van der Waals surface area contributed by atoms with E-state index in [1.54, 1.807) is 0 Å². The van der Waals surface area contributed by atoms with Crippen LogP contribution in [0.25, 0.3) is 0 Å². The summed E-state index contributed by atoms with van der Waals surface area (Å²) in [4.78, 5) is 64.3. The molecule has 0 aromatic heterocycles. The molecule has 2 N–H and O–H groups in total. The van der Waals surface area contributed by atoms with Crippen LogP contribution in [0.3, 0.4) is 0 Å². The molecule has 2 aliphatic rings. The van der Waals surface area contributed by atoms with Crippen molar-refractivity contribution in [2.45, 2.75) is 58.4 Å². The Hall–Kier alpha value is -3.43. The summed E-state index contributed by atoms with van der Waals surface area (Å²) < 4.78 is 5.00. The molecule has 0 bridgehead atoms. The zero-order valence-electron chi connectivity index (χ0n) is 20.8. The quantitative estimate of drug-likeness (QED) is 0.428. The lowest BCUT2D eigenvalue weighted by Gasteiger charge is -2.34. The number of para-hydroxylation sites is 1. The maximum absolute atomic E-state index is 12.9. The van der Waals surface area contributed by atoms with Gasteiger partial charge in [0.1, 0.15) is 12.1 Å². The first-order valence-electron chi connectivity index (χ1n) is 12.0. The highest BCUT2D eigenvalue weighted by Gasteiger charge is 2.52. The van der Waals surface area contributed by atoms with E-state index in [9.17, 15) is 24.0 Å². The average molecular weight is 487 g/mol. The van der Waals surface area contributed by atoms with Crippen molar-refractivity contribution in [3.8, 4) is 0 Å². The minimum atomic E-state index is -0.943. The number of likely N-dealkylation sites (N-methyl/N-ethyl adjacent to an activating group) is 1. The smallest absolute Gasteiger partial charge is 0.326 e. The van der Waals surface area contributed by atoms with Crippen molar-refractivity contribution < 1.29 is 28.7 Å². The van der Waals surface area contributed by atoms with E-state index in [1.165, 1.54) is 7.05 Å². The molecular weight excluding hydrogens is 452 g/mol. The molecule has 10 nitrogen and oxygen atoms in total. The molecule has 1 spiro atoms. The van der Waals surface area contributed by atoms with Gasteiger partial charge in [-0.05, 0) is 56.6 Å². The summed E-state index contributed by atoms with van der Waals surface area (Å²) >= 11 is 0. The Morgan fingerprint density at radius 1 is 1.17 bits per heavy atom. The van der Waals surface area contributed by atoms with Crippen LogP contribution in [0.2, 0.25) is 0 Å². The highest BCUT2D eigenvalue weighted by Crippen LogP contribution is 2.37. The lowest BCUT2D eigenvalue weighted by atomic mass is 9.75. The van der Waals surface area contributed by atoms with Gasteiger partial charge in [0.05, 0.1) is 6.54 Å². The minimum absolute atomic E-state index is 0.224. The maximum atomic E-state index is 12.9. The zero-order chi connectivity index (χ0) is 25.8. The van der Waals surface area contributed by atoms with Gasteiger partial charge in [0, 0.05) is 12.7 Å². The van der Waals surface area contributed by atoms with Crippen LogP contribution < -0.4 is 10.6 Å². The molecule has 1 saturated heterocycles. The summed E-state index contributed by atoms with van der Waals surface area (Å²) in [5, 5.41) is 5.55. The lowest BCUT2D eigenvalue weighted by molar-refractivity contribution is -0.153. The molecule has 1 saturated carbocycles. The molecule has 190 valence electrons. The Morgan fingerprint density at radius 3 is 2.40 bits per heavy atom. The number of hydrogen-bond donors (Lipinski definition) is 2. The third-order valence-corrected chi connectivity index (χ3v) is 6.98. The molecule has 10 heteroatoms. The van der Waals surface area contributed by atoms with Crippen LogP contribution >= 0.6 is 0 Å². The Morgan fingerprint density at radius 2 is 1.80 bits per heavy atom. The van der Waals surface area contributed by atoms with E-state index < -0.39 is 42.5 Å². The number of rotatable bonds is 8. The van der Waals surface area contributed by atoms with Gasteiger partial charge in [0.2, 0.25) is 5.91 Å². The number of urea groups is 1. The second kappa shape index (κ2) is 10.9. The number of imide groups is 1. The van der Waals surface area contributed by atoms with Crippen molar-refractivity contribution in [2.24, 2.45) is 5.92 Å². The zero-order valence-corrected chi connectivity index (χ0v) is 20.8.